The van der Waals surface area contributed by atoms with E-state index >= 15 is 0 Å². The number of hydrogen-bond donors (Lipinski definition) is 0. The van der Waals surface area contributed by atoms with E-state index in [0.29, 0.717) is 6.61 Å². The molecule has 6 nitrogen and oxygen atoms in total. The van der Waals surface area contributed by atoms with Crippen LogP contribution in [0.4, 0.5) is 0 Å². The topological polar surface area (TPSA) is 69.9 Å². The highest BCUT2D eigenvalue weighted by Gasteiger charge is 2.20. The first-order valence-electron chi connectivity index (χ1n) is 9.31. The van der Waals surface area contributed by atoms with Crippen LogP contribution in [0.3, 0.4) is 0 Å². The Hall–Kier alpha value is -2.54. The number of halogens is 1. The van der Waals surface area contributed by atoms with E-state index in [-0.39, 0.29) is 11.9 Å². The quantitative estimate of drug-likeness (QED) is 0.397. The lowest BCUT2D eigenvalue weighted by molar-refractivity contribution is -0.137. The zero-order valence-corrected chi connectivity index (χ0v) is 18.0. The van der Waals surface area contributed by atoms with E-state index in [9.17, 15) is 4.79 Å². The lowest BCUT2D eigenvalue weighted by Gasteiger charge is -2.16. The van der Waals surface area contributed by atoms with Crippen LogP contribution < -0.4 is 0 Å². The zero-order valence-electron chi connectivity index (χ0n) is 16.4. The molecule has 0 aliphatic rings. The standard InChI is InChI=1S/C21H23BrN4O2/c1-5-26-21-17(12-24-26)19(14-9-15(22)11-23-10-14)16(20(25-21)13(3)4)7-8-18(27)28-6-2/h7-13H,5-6H2,1-4H3/b8-7+. The average molecular weight is 443 g/mol. The predicted octanol–water partition coefficient (Wildman–Crippen LogP) is 4.98. The maximum atomic E-state index is 11.9. The summed E-state index contributed by atoms with van der Waals surface area (Å²) in [6, 6.07) is 2.01. The summed E-state index contributed by atoms with van der Waals surface area (Å²) in [5, 5.41) is 5.42. The molecule has 146 valence electrons. The van der Waals surface area contributed by atoms with Crippen molar-refractivity contribution in [1.82, 2.24) is 19.7 Å². The minimum atomic E-state index is -0.375. The molecule has 0 saturated carbocycles. The highest BCUT2D eigenvalue weighted by molar-refractivity contribution is 9.10. The molecule has 0 amide bonds. The SMILES string of the molecule is CCOC(=O)/C=C/c1c(C(C)C)nc2c(cnn2CC)c1-c1cncc(Br)c1. The predicted molar refractivity (Wildman–Crippen MR) is 114 cm³/mol. The van der Waals surface area contributed by atoms with Crippen molar-refractivity contribution in [2.24, 2.45) is 0 Å². The Morgan fingerprint density at radius 2 is 2.07 bits per heavy atom. The molecule has 0 atom stereocenters. The maximum absolute atomic E-state index is 11.9. The van der Waals surface area contributed by atoms with Crippen molar-refractivity contribution >= 4 is 39.0 Å². The van der Waals surface area contributed by atoms with E-state index in [2.05, 4.69) is 39.9 Å². The molecule has 3 aromatic rings. The normalized spacial score (nSPS) is 11.6. The van der Waals surface area contributed by atoms with Crippen molar-refractivity contribution in [1.29, 1.82) is 0 Å². The molecule has 0 aliphatic heterocycles. The van der Waals surface area contributed by atoms with Crippen LogP contribution in [0.2, 0.25) is 0 Å². The summed E-state index contributed by atoms with van der Waals surface area (Å²) in [6.07, 6.45) is 8.63. The Kier molecular flexibility index (Phi) is 6.24. The molecule has 0 aromatic carbocycles. The molecule has 0 spiro atoms. The van der Waals surface area contributed by atoms with Crippen LogP contribution in [-0.4, -0.2) is 32.3 Å². The van der Waals surface area contributed by atoms with Gasteiger partial charge in [-0.05, 0) is 47.8 Å². The highest BCUT2D eigenvalue weighted by Crippen LogP contribution is 2.37. The first kappa shape index (κ1) is 20.2. The van der Waals surface area contributed by atoms with Gasteiger partial charge in [-0.3, -0.25) is 4.98 Å². The van der Waals surface area contributed by atoms with Gasteiger partial charge in [0.15, 0.2) is 5.65 Å². The van der Waals surface area contributed by atoms with Crippen LogP contribution in [-0.2, 0) is 16.1 Å². The summed E-state index contributed by atoms with van der Waals surface area (Å²) >= 11 is 3.51. The number of aryl methyl sites for hydroxylation is 1. The Labute approximate surface area is 172 Å². The van der Waals surface area contributed by atoms with E-state index in [1.165, 1.54) is 6.08 Å². The van der Waals surface area contributed by atoms with E-state index < -0.39 is 0 Å². The molecule has 0 radical (unpaired) electrons. The minimum Gasteiger partial charge on any atom is -0.463 e. The van der Waals surface area contributed by atoms with Crippen molar-refractivity contribution in [3.05, 3.63) is 46.5 Å². The number of hydrogen-bond acceptors (Lipinski definition) is 5. The van der Waals surface area contributed by atoms with Gasteiger partial charge >= 0.3 is 5.97 Å². The molecule has 0 aliphatic carbocycles. The molecule has 3 rings (SSSR count). The zero-order chi connectivity index (χ0) is 20.3. The van der Waals surface area contributed by atoms with Gasteiger partial charge in [0.05, 0.1) is 18.5 Å². The minimum absolute atomic E-state index is 0.158. The van der Waals surface area contributed by atoms with E-state index in [4.69, 9.17) is 9.72 Å². The van der Waals surface area contributed by atoms with Crippen LogP contribution >= 0.6 is 15.9 Å². The van der Waals surface area contributed by atoms with Gasteiger partial charge in [-0.2, -0.15) is 5.10 Å². The number of carbonyl (C=O) groups is 1. The monoisotopic (exact) mass is 442 g/mol. The van der Waals surface area contributed by atoms with Gasteiger partial charge in [-0.15, -0.1) is 0 Å². The Balaban J connectivity index is 2.35. The molecule has 3 aromatic heterocycles. The number of ether oxygens (including phenoxy) is 1. The van der Waals surface area contributed by atoms with Crippen molar-refractivity contribution in [2.75, 3.05) is 6.61 Å². The highest BCUT2D eigenvalue weighted by atomic mass is 79.9. The van der Waals surface area contributed by atoms with E-state index in [1.54, 1.807) is 19.2 Å². The summed E-state index contributed by atoms with van der Waals surface area (Å²) in [5.41, 5.74) is 4.50. The fourth-order valence-electron chi connectivity index (χ4n) is 3.16. The van der Waals surface area contributed by atoms with Crippen LogP contribution in [0.5, 0.6) is 0 Å². The van der Waals surface area contributed by atoms with Crippen molar-refractivity contribution in [2.45, 2.75) is 40.2 Å². The third-order valence-electron chi connectivity index (χ3n) is 4.37. The molecule has 0 fully saturated rings. The van der Waals surface area contributed by atoms with Gasteiger partial charge in [-0.25, -0.2) is 14.5 Å². The molecule has 0 N–H and O–H groups in total. The fourth-order valence-corrected chi connectivity index (χ4v) is 3.53. The van der Waals surface area contributed by atoms with Gasteiger partial charge in [0, 0.05) is 51.6 Å². The first-order valence-corrected chi connectivity index (χ1v) is 10.1. The van der Waals surface area contributed by atoms with Gasteiger partial charge < -0.3 is 4.74 Å². The number of carbonyl (C=O) groups excluding carboxylic acids is 1. The molecule has 0 unspecified atom stereocenters. The van der Waals surface area contributed by atoms with E-state index in [0.717, 1.165) is 44.4 Å². The van der Waals surface area contributed by atoms with Crippen LogP contribution in [0, 0.1) is 0 Å². The molecule has 0 saturated heterocycles. The Bertz CT molecular complexity index is 1040. The average Bonchev–Trinajstić information content (AvgIpc) is 3.08. The smallest absolute Gasteiger partial charge is 0.330 e. The molecule has 0 bridgehead atoms. The Morgan fingerprint density at radius 1 is 1.29 bits per heavy atom. The first-order chi connectivity index (χ1) is 13.5. The van der Waals surface area contributed by atoms with E-state index in [1.807, 2.05) is 30.1 Å². The van der Waals surface area contributed by atoms with Crippen molar-refractivity contribution in [3.8, 4) is 11.1 Å². The van der Waals surface area contributed by atoms with Crippen LogP contribution in [0.1, 0.15) is 44.9 Å². The molecular formula is C21H23BrN4O2. The summed E-state index contributed by atoms with van der Waals surface area (Å²) in [6.45, 7) is 9.07. The van der Waals surface area contributed by atoms with Gasteiger partial charge in [0.2, 0.25) is 0 Å². The number of rotatable bonds is 6. The fraction of sp³-hybridized carbons (Fsp3) is 0.333. The van der Waals surface area contributed by atoms with Crippen LogP contribution in [0.15, 0.2) is 35.2 Å². The third kappa shape index (κ3) is 3.99. The lowest BCUT2D eigenvalue weighted by atomic mass is 9.93. The summed E-state index contributed by atoms with van der Waals surface area (Å²) in [7, 11) is 0. The molecule has 28 heavy (non-hydrogen) atoms. The summed E-state index contributed by atoms with van der Waals surface area (Å²) in [4.78, 5) is 21.2. The van der Waals surface area contributed by atoms with Gasteiger partial charge in [0.25, 0.3) is 0 Å². The number of fused-ring (bicyclic) bond motifs is 1. The number of esters is 1. The molecule has 7 heteroatoms. The second kappa shape index (κ2) is 8.65. The van der Waals surface area contributed by atoms with Crippen LogP contribution in [0.25, 0.3) is 28.2 Å². The lowest BCUT2D eigenvalue weighted by Crippen LogP contribution is -2.05. The molecular weight excluding hydrogens is 420 g/mol. The van der Waals surface area contributed by atoms with Crippen molar-refractivity contribution in [3.63, 3.8) is 0 Å². The number of nitrogens with zero attached hydrogens (tertiary/aromatic N) is 4. The van der Waals surface area contributed by atoms with Gasteiger partial charge in [0.1, 0.15) is 0 Å². The number of pyridine rings is 2. The summed E-state index contributed by atoms with van der Waals surface area (Å²) in [5.74, 6) is -0.217. The second-order valence-electron chi connectivity index (χ2n) is 6.62. The van der Waals surface area contributed by atoms with Crippen molar-refractivity contribution < 1.29 is 9.53 Å². The maximum Gasteiger partial charge on any atom is 0.330 e. The Morgan fingerprint density at radius 3 is 2.71 bits per heavy atom. The summed E-state index contributed by atoms with van der Waals surface area (Å²) < 4.78 is 7.82. The molecule has 3 heterocycles. The number of aromatic nitrogens is 4. The largest absolute Gasteiger partial charge is 0.463 e. The van der Waals surface area contributed by atoms with Gasteiger partial charge in [-0.1, -0.05) is 13.8 Å². The second-order valence-corrected chi connectivity index (χ2v) is 7.53. The third-order valence-corrected chi connectivity index (χ3v) is 4.80.